The van der Waals surface area contributed by atoms with Crippen LogP contribution in [0.4, 0.5) is 11.5 Å². The van der Waals surface area contributed by atoms with Crippen molar-refractivity contribution < 1.29 is 0 Å². The topological polar surface area (TPSA) is 37.8 Å². The molecule has 1 N–H and O–H groups in total. The van der Waals surface area contributed by atoms with Gasteiger partial charge in [0, 0.05) is 22.0 Å². The molecule has 0 atom stereocenters. The first kappa shape index (κ1) is 17.2. The van der Waals surface area contributed by atoms with Crippen LogP contribution in [0.15, 0.2) is 78.9 Å². The highest BCUT2D eigenvalue weighted by Crippen LogP contribution is 2.31. The Balaban J connectivity index is 1.72. The number of aryl methyl sites for hydroxylation is 1. The van der Waals surface area contributed by atoms with E-state index in [1.807, 2.05) is 30.3 Å². The monoisotopic (exact) mass is 353 g/mol. The molecule has 4 aromatic rings. The van der Waals surface area contributed by atoms with E-state index in [-0.39, 0.29) is 0 Å². The van der Waals surface area contributed by atoms with Gasteiger partial charge in [0.15, 0.2) is 5.82 Å². The molecule has 0 radical (unpaired) electrons. The van der Waals surface area contributed by atoms with Crippen LogP contribution in [0.5, 0.6) is 0 Å². The highest BCUT2D eigenvalue weighted by Gasteiger charge is 2.11. The van der Waals surface area contributed by atoms with Gasteiger partial charge in [0.2, 0.25) is 0 Å². The molecule has 3 nitrogen and oxygen atoms in total. The molecule has 0 aliphatic rings. The van der Waals surface area contributed by atoms with E-state index in [4.69, 9.17) is 0 Å². The summed E-state index contributed by atoms with van der Waals surface area (Å²) in [6, 6.07) is 27.1. The number of benzene rings is 3. The Morgan fingerprint density at radius 2 is 1.56 bits per heavy atom. The number of unbranched alkanes of at least 4 members (excludes halogenated alkanes) is 1. The van der Waals surface area contributed by atoms with Crippen LogP contribution in [-0.4, -0.2) is 10.2 Å². The molecule has 3 aromatic carbocycles. The molecule has 0 aliphatic heterocycles. The summed E-state index contributed by atoms with van der Waals surface area (Å²) in [6.07, 6.45) is 3.51. The predicted octanol–water partition coefficient (Wildman–Crippen LogP) is 6.38. The standard InChI is InChI=1S/C24H23N3/c1-2-3-10-18-11-9-14-20(17-18)25-24-22-16-8-7-15-21(22)23(26-27-24)19-12-5-4-6-13-19/h4-9,11-17H,2-3,10H2,1H3,(H,25,27). The van der Waals surface area contributed by atoms with E-state index in [0.717, 1.165) is 40.0 Å². The van der Waals surface area contributed by atoms with E-state index in [9.17, 15) is 0 Å². The molecule has 0 saturated carbocycles. The minimum Gasteiger partial charge on any atom is -0.338 e. The molecule has 0 unspecified atom stereocenters. The minimum atomic E-state index is 0.790. The summed E-state index contributed by atoms with van der Waals surface area (Å²) < 4.78 is 0. The van der Waals surface area contributed by atoms with Crippen molar-refractivity contribution in [1.82, 2.24) is 10.2 Å². The fraction of sp³-hybridized carbons (Fsp3) is 0.167. The van der Waals surface area contributed by atoms with Crippen LogP contribution < -0.4 is 5.32 Å². The lowest BCUT2D eigenvalue weighted by Gasteiger charge is -2.12. The first-order valence-electron chi connectivity index (χ1n) is 9.52. The highest BCUT2D eigenvalue weighted by molar-refractivity contribution is 6.00. The van der Waals surface area contributed by atoms with Gasteiger partial charge in [-0.25, -0.2) is 0 Å². The van der Waals surface area contributed by atoms with Crippen molar-refractivity contribution in [2.24, 2.45) is 0 Å². The Morgan fingerprint density at radius 3 is 2.37 bits per heavy atom. The van der Waals surface area contributed by atoms with E-state index in [2.05, 4.69) is 71.0 Å². The van der Waals surface area contributed by atoms with Gasteiger partial charge in [-0.15, -0.1) is 10.2 Å². The number of hydrogen-bond acceptors (Lipinski definition) is 3. The van der Waals surface area contributed by atoms with Crippen molar-refractivity contribution in [3.8, 4) is 11.3 Å². The van der Waals surface area contributed by atoms with Crippen molar-refractivity contribution in [3.63, 3.8) is 0 Å². The SMILES string of the molecule is CCCCc1cccc(Nc2nnc(-c3ccccc3)c3ccccc23)c1. The molecule has 0 fully saturated rings. The van der Waals surface area contributed by atoms with Gasteiger partial charge in [-0.05, 0) is 30.5 Å². The van der Waals surface area contributed by atoms with Crippen LogP contribution in [0.2, 0.25) is 0 Å². The third kappa shape index (κ3) is 3.82. The number of anilines is 2. The fourth-order valence-corrected chi connectivity index (χ4v) is 3.33. The predicted molar refractivity (Wildman–Crippen MR) is 113 cm³/mol. The van der Waals surface area contributed by atoms with E-state index in [0.29, 0.717) is 0 Å². The van der Waals surface area contributed by atoms with Crippen LogP contribution in [0, 0.1) is 0 Å². The van der Waals surface area contributed by atoms with Gasteiger partial charge in [-0.3, -0.25) is 0 Å². The zero-order valence-electron chi connectivity index (χ0n) is 15.5. The molecule has 0 spiro atoms. The normalized spacial score (nSPS) is 10.9. The number of aromatic nitrogens is 2. The first-order valence-corrected chi connectivity index (χ1v) is 9.52. The lowest BCUT2D eigenvalue weighted by molar-refractivity contribution is 0.795. The molecule has 4 rings (SSSR count). The number of hydrogen-bond donors (Lipinski definition) is 1. The summed E-state index contributed by atoms with van der Waals surface area (Å²) in [5, 5.41) is 14.7. The van der Waals surface area contributed by atoms with Gasteiger partial charge in [0.1, 0.15) is 5.69 Å². The van der Waals surface area contributed by atoms with Gasteiger partial charge in [-0.1, -0.05) is 80.1 Å². The maximum absolute atomic E-state index is 4.53. The maximum Gasteiger partial charge on any atom is 0.161 e. The molecular weight excluding hydrogens is 330 g/mol. The van der Waals surface area contributed by atoms with E-state index >= 15 is 0 Å². The second-order valence-corrected chi connectivity index (χ2v) is 6.74. The average Bonchev–Trinajstić information content (AvgIpc) is 2.73. The largest absolute Gasteiger partial charge is 0.338 e. The van der Waals surface area contributed by atoms with Gasteiger partial charge >= 0.3 is 0 Å². The molecular formula is C24H23N3. The Bertz CT molecular complexity index is 1040. The van der Waals surface area contributed by atoms with Crippen molar-refractivity contribution >= 4 is 22.3 Å². The summed E-state index contributed by atoms with van der Waals surface area (Å²) in [5.74, 6) is 0.790. The summed E-state index contributed by atoms with van der Waals surface area (Å²) >= 11 is 0. The van der Waals surface area contributed by atoms with Crippen LogP contribution in [0.3, 0.4) is 0 Å². The Kier molecular flexibility index (Phi) is 5.10. The summed E-state index contributed by atoms with van der Waals surface area (Å²) in [5.41, 5.74) is 4.39. The summed E-state index contributed by atoms with van der Waals surface area (Å²) in [6.45, 7) is 2.22. The molecule has 1 heterocycles. The van der Waals surface area contributed by atoms with Crippen molar-refractivity contribution in [2.75, 3.05) is 5.32 Å². The number of nitrogens with one attached hydrogen (secondary N) is 1. The van der Waals surface area contributed by atoms with Crippen LogP contribution in [-0.2, 0) is 6.42 Å². The van der Waals surface area contributed by atoms with Gasteiger partial charge < -0.3 is 5.32 Å². The molecule has 134 valence electrons. The smallest absolute Gasteiger partial charge is 0.161 e. The Labute approximate surface area is 160 Å². The van der Waals surface area contributed by atoms with Crippen molar-refractivity contribution in [1.29, 1.82) is 0 Å². The van der Waals surface area contributed by atoms with Crippen LogP contribution in [0.1, 0.15) is 25.3 Å². The minimum absolute atomic E-state index is 0.790. The third-order valence-electron chi connectivity index (χ3n) is 4.74. The number of nitrogens with zero attached hydrogens (tertiary/aromatic N) is 2. The lowest BCUT2D eigenvalue weighted by Crippen LogP contribution is -1.99. The fourth-order valence-electron chi connectivity index (χ4n) is 3.33. The molecule has 0 aliphatic carbocycles. The summed E-state index contributed by atoms with van der Waals surface area (Å²) in [4.78, 5) is 0. The number of fused-ring (bicyclic) bond motifs is 1. The van der Waals surface area contributed by atoms with Crippen LogP contribution in [0.25, 0.3) is 22.0 Å². The van der Waals surface area contributed by atoms with Crippen LogP contribution >= 0.6 is 0 Å². The maximum atomic E-state index is 4.53. The molecule has 27 heavy (non-hydrogen) atoms. The molecule has 0 bridgehead atoms. The second kappa shape index (κ2) is 8.00. The molecule has 0 saturated heterocycles. The average molecular weight is 353 g/mol. The van der Waals surface area contributed by atoms with E-state index in [1.165, 1.54) is 18.4 Å². The number of rotatable bonds is 6. The highest BCUT2D eigenvalue weighted by atomic mass is 15.2. The van der Waals surface area contributed by atoms with Crippen molar-refractivity contribution in [2.45, 2.75) is 26.2 Å². The van der Waals surface area contributed by atoms with Gasteiger partial charge in [0.05, 0.1) is 0 Å². The zero-order valence-corrected chi connectivity index (χ0v) is 15.5. The molecule has 0 amide bonds. The zero-order chi connectivity index (χ0) is 18.5. The summed E-state index contributed by atoms with van der Waals surface area (Å²) in [7, 11) is 0. The quantitative estimate of drug-likeness (QED) is 0.437. The molecule has 1 aromatic heterocycles. The van der Waals surface area contributed by atoms with Crippen molar-refractivity contribution in [3.05, 3.63) is 84.4 Å². The Hall–Kier alpha value is -3.20. The van der Waals surface area contributed by atoms with Gasteiger partial charge in [0.25, 0.3) is 0 Å². The third-order valence-corrected chi connectivity index (χ3v) is 4.74. The molecule has 3 heteroatoms. The lowest BCUT2D eigenvalue weighted by atomic mass is 10.0. The van der Waals surface area contributed by atoms with E-state index < -0.39 is 0 Å². The first-order chi connectivity index (χ1) is 13.3. The second-order valence-electron chi connectivity index (χ2n) is 6.74. The van der Waals surface area contributed by atoms with Gasteiger partial charge in [-0.2, -0.15) is 0 Å². The Morgan fingerprint density at radius 1 is 0.778 bits per heavy atom. The van der Waals surface area contributed by atoms with E-state index in [1.54, 1.807) is 0 Å².